The van der Waals surface area contributed by atoms with E-state index < -0.39 is 17.9 Å². The summed E-state index contributed by atoms with van der Waals surface area (Å²) >= 11 is 0. The minimum Gasteiger partial charge on any atom is -0.478 e. The number of carbonyl (C=O) groups is 2. The fraction of sp³-hybridized carbons (Fsp3) is 0.185. The third kappa shape index (κ3) is 5.85. The van der Waals surface area contributed by atoms with Crippen molar-refractivity contribution in [2.75, 3.05) is 6.61 Å². The highest BCUT2D eigenvalue weighted by atomic mass is 16.5. The van der Waals surface area contributed by atoms with Crippen LogP contribution in [-0.4, -0.2) is 23.7 Å². The van der Waals surface area contributed by atoms with Gasteiger partial charge in [-0.1, -0.05) is 78.9 Å². The highest BCUT2D eigenvalue weighted by Crippen LogP contribution is 2.33. The number of dihydropyridines is 1. The zero-order valence-electron chi connectivity index (χ0n) is 18.2. The van der Waals surface area contributed by atoms with E-state index in [9.17, 15) is 14.7 Å². The van der Waals surface area contributed by atoms with E-state index in [2.05, 4.69) is 5.32 Å². The van der Waals surface area contributed by atoms with Crippen LogP contribution in [0.15, 0.2) is 95.4 Å². The fourth-order valence-corrected chi connectivity index (χ4v) is 3.78. The van der Waals surface area contributed by atoms with Crippen LogP contribution in [0.1, 0.15) is 31.4 Å². The van der Waals surface area contributed by atoms with E-state index in [1.165, 1.54) is 0 Å². The van der Waals surface area contributed by atoms with E-state index in [0.29, 0.717) is 23.4 Å². The van der Waals surface area contributed by atoms with E-state index in [1.807, 2.05) is 78.9 Å². The van der Waals surface area contributed by atoms with E-state index in [-0.39, 0.29) is 12.2 Å². The summed E-state index contributed by atoms with van der Waals surface area (Å²) < 4.78 is 5.47. The van der Waals surface area contributed by atoms with Crippen molar-refractivity contribution >= 4 is 24.1 Å². The highest BCUT2D eigenvalue weighted by molar-refractivity contribution is 5.97. The molecule has 2 N–H and O–H groups in total. The van der Waals surface area contributed by atoms with Gasteiger partial charge in [0.1, 0.15) is 6.61 Å². The van der Waals surface area contributed by atoms with Gasteiger partial charge in [0.25, 0.3) is 0 Å². The largest absolute Gasteiger partial charge is 0.478 e. The van der Waals surface area contributed by atoms with Gasteiger partial charge in [-0.25, -0.2) is 9.59 Å². The van der Waals surface area contributed by atoms with Crippen LogP contribution >= 0.6 is 0 Å². The second kappa shape index (κ2) is 11.0. The Morgan fingerprint density at radius 1 is 0.875 bits per heavy atom. The van der Waals surface area contributed by atoms with Crippen LogP contribution in [0.2, 0.25) is 0 Å². The molecule has 0 saturated heterocycles. The molecule has 3 rings (SSSR count). The molecule has 0 aliphatic carbocycles. The molecular formula is C27H27NO4. The maximum Gasteiger partial charge on any atom is 0.336 e. The zero-order valence-corrected chi connectivity index (χ0v) is 18.2. The van der Waals surface area contributed by atoms with Crippen LogP contribution < -0.4 is 5.32 Å². The number of rotatable bonds is 8. The summed E-state index contributed by atoms with van der Waals surface area (Å²) in [5.41, 5.74) is 3.69. The van der Waals surface area contributed by atoms with Crippen LogP contribution in [-0.2, 0) is 14.3 Å². The first-order valence-corrected chi connectivity index (χ1v) is 10.5. The molecule has 1 atom stereocenters. The summed E-state index contributed by atoms with van der Waals surface area (Å²) in [7, 11) is 0. The van der Waals surface area contributed by atoms with Crippen LogP contribution in [0.4, 0.5) is 0 Å². The molecule has 5 heteroatoms. The molecule has 0 radical (unpaired) electrons. The Labute approximate surface area is 188 Å². The maximum atomic E-state index is 12.9. The molecule has 32 heavy (non-hydrogen) atoms. The molecule has 1 aliphatic rings. The Hall–Kier alpha value is -3.86. The highest BCUT2D eigenvalue weighted by Gasteiger charge is 2.35. The monoisotopic (exact) mass is 429 g/mol. The first-order chi connectivity index (χ1) is 15.5. The predicted octanol–water partition coefficient (Wildman–Crippen LogP) is 5.20. The Bertz CT molecular complexity index is 1080. The number of carboxylic acids is 1. The lowest BCUT2D eigenvalue weighted by Crippen LogP contribution is -2.32. The fourth-order valence-electron chi connectivity index (χ4n) is 3.78. The lowest BCUT2D eigenvalue weighted by Gasteiger charge is -2.28. The first kappa shape index (κ1) is 22.8. The van der Waals surface area contributed by atoms with Gasteiger partial charge in [0, 0.05) is 17.3 Å². The van der Waals surface area contributed by atoms with Crippen LogP contribution in [0.5, 0.6) is 0 Å². The maximum absolute atomic E-state index is 12.9. The van der Waals surface area contributed by atoms with Gasteiger partial charge in [-0.05, 0) is 37.5 Å². The number of hydrogen-bond donors (Lipinski definition) is 2. The lowest BCUT2D eigenvalue weighted by molar-refractivity contribution is -0.138. The summed E-state index contributed by atoms with van der Waals surface area (Å²) in [5, 5.41) is 12.8. The average molecular weight is 430 g/mol. The number of nitrogens with one attached hydrogen (secondary N) is 1. The van der Waals surface area contributed by atoms with E-state index in [4.69, 9.17) is 4.74 Å². The molecule has 2 aromatic carbocycles. The first-order valence-electron chi connectivity index (χ1n) is 10.5. The third-order valence-corrected chi connectivity index (χ3v) is 5.23. The van der Waals surface area contributed by atoms with Crippen molar-refractivity contribution in [3.8, 4) is 0 Å². The van der Waals surface area contributed by atoms with Crippen molar-refractivity contribution in [2.45, 2.75) is 20.3 Å². The smallest absolute Gasteiger partial charge is 0.336 e. The van der Waals surface area contributed by atoms with Gasteiger partial charge in [0.2, 0.25) is 0 Å². The number of esters is 1. The number of carbonyl (C=O) groups excluding carboxylic acids is 1. The SMILES string of the molecule is CC1=C(C(=O)O)C(CC=Cc2ccccc2)C(C(=O)OCC=Cc2ccccc2)=C(C)N1. The second-order valence-electron chi connectivity index (χ2n) is 7.52. The van der Waals surface area contributed by atoms with Crippen molar-refractivity contribution in [3.63, 3.8) is 0 Å². The van der Waals surface area contributed by atoms with Gasteiger partial charge in [0.05, 0.1) is 11.1 Å². The normalized spacial score (nSPS) is 16.5. The quantitative estimate of drug-likeness (QED) is 0.564. The molecular weight excluding hydrogens is 402 g/mol. The van der Waals surface area contributed by atoms with Crippen molar-refractivity contribution in [1.29, 1.82) is 0 Å². The van der Waals surface area contributed by atoms with Crippen LogP contribution in [0.3, 0.4) is 0 Å². The van der Waals surface area contributed by atoms with Gasteiger partial charge in [-0.3, -0.25) is 0 Å². The number of benzene rings is 2. The lowest BCUT2D eigenvalue weighted by atomic mass is 9.83. The molecule has 1 unspecified atom stereocenters. The Balaban J connectivity index is 1.76. The minimum atomic E-state index is -1.05. The number of allylic oxidation sites excluding steroid dienone is 3. The molecule has 0 bridgehead atoms. The van der Waals surface area contributed by atoms with E-state index in [0.717, 1.165) is 11.1 Å². The Kier molecular flexibility index (Phi) is 7.81. The van der Waals surface area contributed by atoms with Crippen molar-refractivity contribution < 1.29 is 19.4 Å². The van der Waals surface area contributed by atoms with Gasteiger partial charge < -0.3 is 15.2 Å². The van der Waals surface area contributed by atoms with Gasteiger partial charge in [-0.15, -0.1) is 0 Å². The minimum absolute atomic E-state index is 0.0994. The van der Waals surface area contributed by atoms with E-state index >= 15 is 0 Å². The molecule has 1 heterocycles. The second-order valence-corrected chi connectivity index (χ2v) is 7.52. The predicted molar refractivity (Wildman–Crippen MR) is 126 cm³/mol. The zero-order chi connectivity index (χ0) is 22.9. The molecule has 0 fully saturated rings. The van der Waals surface area contributed by atoms with Crippen molar-refractivity contribution in [3.05, 3.63) is 106 Å². The van der Waals surface area contributed by atoms with Gasteiger partial charge in [0.15, 0.2) is 0 Å². The van der Waals surface area contributed by atoms with Gasteiger partial charge >= 0.3 is 11.9 Å². The number of hydrogen-bond acceptors (Lipinski definition) is 4. The van der Waals surface area contributed by atoms with Crippen molar-refractivity contribution in [2.24, 2.45) is 5.92 Å². The Morgan fingerprint density at radius 3 is 1.97 bits per heavy atom. The van der Waals surface area contributed by atoms with Crippen molar-refractivity contribution in [1.82, 2.24) is 5.32 Å². The van der Waals surface area contributed by atoms with E-state index in [1.54, 1.807) is 19.9 Å². The topological polar surface area (TPSA) is 75.6 Å². The molecule has 5 nitrogen and oxygen atoms in total. The third-order valence-electron chi connectivity index (χ3n) is 5.23. The molecule has 0 saturated carbocycles. The van der Waals surface area contributed by atoms with Crippen LogP contribution in [0.25, 0.3) is 12.2 Å². The summed E-state index contributed by atoms with van der Waals surface area (Å²) in [6, 6.07) is 19.5. The summed E-state index contributed by atoms with van der Waals surface area (Å²) in [5.74, 6) is -2.16. The molecule has 0 aromatic heterocycles. The Morgan fingerprint density at radius 2 is 1.41 bits per heavy atom. The number of carboxylic acid groups (broad SMARTS) is 1. The van der Waals surface area contributed by atoms with Gasteiger partial charge in [-0.2, -0.15) is 0 Å². The standard InChI is InChI=1S/C27H27NO4/c1-19-24(26(29)30)23(17-9-15-21-11-5-3-6-12-21)25(20(2)28-19)27(31)32-18-10-16-22-13-7-4-8-14-22/h3-16,23,28H,17-18H2,1-2H3,(H,29,30). The molecule has 1 aliphatic heterocycles. The number of ether oxygens (including phenoxy) is 1. The summed E-state index contributed by atoms with van der Waals surface area (Å²) in [6.07, 6.45) is 7.84. The molecule has 164 valence electrons. The summed E-state index contributed by atoms with van der Waals surface area (Å²) in [6.45, 7) is 3.58. The average Bonchev–Trinajstić information content (AvgIpc) is 2.77. The summed E-state index contributed by atoms with van der Waals surface area (Å²) in [4.78, 5) is 24.9. The molecule has 0 spiro atoms. The van der Waals surface area contributed by atoms with Crippen LogP contribution in [0, 0.1) is 5.92 Å². The molecule has 2 aromatic rings. The number of aliphatic carboxylic acids is 1. The molecule has 0 amide bonds.